The summed E-state index contributed by atoms with van der Waals surface area (Å²) < 4.78 is 5.03. The molecule has 0 unspecified atom stereocenters. The van der Waals surface area contributed by atoms with Gasteiger partial charge in [-0.1, -0.05) is 22.8 Å². The minimum Gasteiger partial charge on any atom is -0.398 e. The van der Waals surface area contributed by atoms with Crippen LogP contribution in [0.5, 0.6) is 0 Å². The molecule has 0 amide bonds. The number of nitrogens with zero attached hydrogens (tertiary/aromatic N) is 2. The fraction of sp³-hybridized carbons (Fsp3) is 0.200. The SMILES string of the molecule is Nc1cccc(Cl)c1-c1nc(CCO)no1. The summed E-state index contributed by atoms with van der Waals surface area (Å²) in [4.78, 5) is 4.09. The first-order valence-corrected chi connectivity index (χ1v) is 5.08. The molecular weight excluding hydrogens is 230 g/mol. The van der Waals surface area contributed by atoms with Gasteiger partial charge in [0.15, 0.2) is 5.82 Å². The Balaban J connectivity index is 2.42. The molecule has 16 heavy (non-hydrogen) atoms. The molecule has 84 valence electrons. The summed E-state index contributed by atoms with van der Waals surface area (Å²) in [6.45, 7) is -0.0308. The quantitative estimate of drug-likeness (QED) is 0.793. The van der Waals surface area contributed by atoms with Crippen LogP contribution in [-0.4, -0.2) is 21.9 Å². The normalized spacial score (nSPS) is 10.6. The highest BCUT2D eigenvalue weighted by Crippen LogP contribution is 2.31. The molecule has 0 bridgehead atoms. The fourth-order valence-corrected chi connectivity index (χ4v) is 1.59. The van der Waals surface area contributed by atoms with E-state index in [1.165, 1.54) is 0 Å². The van der Waals surface area contributed by atoms with Crippen molar-refractivity contribution in [1.82, 2.24) is 10.1 Å². The van der Waals surface area contributed by atoms with Crippen LogP contribution in [0.3, 0.4) is 0 Å². The number of aliphatic hydroxyl groups is 1. The number of halogens is 1. The summed E-state index contributed by atoms with van der Waals surface area (Å²) >= 11 is 5.99. The molecule has 6 heteroatoms. The van der Waals surface area contributed by atoms with Gasteiger partial charge in [0.1, 0.15) is 0 Å². The Hall–Kier alpha value is -1.59. The maximum atomic E-state index is 8.74. The van der Waals surface area contributed by atoms with Crippen molar-refractivity contribution in [3.05, 3.63) is 29.0 Å². The van der Waals surface area contributed by atoms with E-state index >= 15 is 0 Å². The average molecular weight is 240 g/mol. The zero-order valence-corrected chi connectivity index (χ0v) is 9.11. The number of nitrogens with two attached hydrogens (primary N) is 1. The lowest BCUT2D eigenvalue weighted by molar-refractivity contribution is 0.293. The number of nitrogen functional groups attached to an aromatic ring is 1. The first-order chi connectivity index (χ1) is 7.72. The Bertz CT molecular complexity index is 478. The number of anilines is 1. The molecule has 1 aromatic carbocycles. The second-order valence-corrected chi connectivity index (χ2v) is 3.60. The van der Waals surface area contributed by atoms with Crippen molar-refractivity contribution in [3.63, 3.8) is 0 Å². The molecule has 0 saturated carbocycles. The van der Waals surface area contributed by atoms with E-state index in [2.05, 4.69) is 10.1 Å². The molecule has 2 rings (SSSR count). The summed E-state index contributed by atoms with van der Waals surface area (Å²) in [6, 6.07) is 5.15. The highest BCUT2D eigenvalue weighted by atomic mass is 35.5. The minimum atomic E-state index is -0.0308. The van der Waals surface area contributed by atoms with Gasteiger partial charge in [0, 0.05) is 12.1 Å². The van der Waals surface area contributed by atoms with Crippen molar-refractivity contribution in [3.8, 4) is 11.5 Å². The molecule has 0 fully saturated rings. The van der Waals surface area contributed by atoms with Gasteiger partial charge in [-0.05, 0) is 12.1 Å². The van der Waals surface area contributed by atoms with Crippen molar-refractivity contribution in [2.24, 2.45) is 0 Å². The molecule has 0 aliphatic carbocycles. The average Bonchev–Trinajstić information content (AvgIpc) is 2.67. The van der Waals surface area contributed by atoms with Crippen LogP contribution in [0.1, 0.15) is 5.82 Å². The van der Waals surface area contributed by atoms with Crippen LogP contribution in [-0.2, 0) is 6.42 Å². The minimum absolute atomic E-state index is 0.0308. The highest BCUT2D eigenvalue weighted by molar-refractivity contribution is 6.33. The number of rotatable bonds is 3. The summed E-state index contributed by atoms with van der Waals surface area (Å²) in [5, 5.41) is 12.9. The van der Waals surface area contributed by atoms with E-state index in [1.807, 2.05) is 0 Å². The van der Waals surface area contributed by atoms with Crippen molar-refractivity contribution in [1.29, 1.82) is 0 Å². The molecule has 0 radical (unpaired) electrons. The zero-order valence-electron chi connectivity index (χ0n) is 8.35. The molecule has 3 N–H and O–H groups in total. The maximum absolute atomic E-state index is 8.74. The molecule has 0 aliphatic rings. The number of aliphatic hydroxyl groups excluding tert-OH is 1. The Labute approximate surface area is 96.8 Å². The molecular formula is C10H10ClN3O2. The summed E-state index contributed by atoms with van der Waals surface area (Å²) in [7, 11) is 0. The van der Waals surface area contributed by atoms with Gasteiger partial charge < -0.3 is 15.4 Å². The fourth-order valence-electron chi connectivity index (χ4n) is 1.32. The third-order valence-electron chi connectivity index (χ3n) is 2.06. The molecule has 0 spiro atoms. The molecule has 0 atom stereocenters. The van der Waals surface area contributed by atoms with Crippen LogP contribution in [0.15, 0.2) is 22.7 Å². The monoisotopic (exact) mass is 239 g/mol. The largest absolute Gasteiger partial charge is 0.398 e. The van der Waals surface area contributed by atoms with Gasteiger partial charge in [0.2, 0.25) is 0 Å². The lowest BCUT2D eigenvalue weighted by Crippen LogP contribution is -1.94. The summed E-state index contributed by atoms with van der Waals surface area (Å²) in [5.41, 5.74) is 6.78. The van der Waals surface area contributed by atoms with Crippen LogP contribution in [0.2, 0.25) is 5.02 Å². The summed E-state index contributed by atoms with van der Waals surface area (Å²) in [6.07, 6.45) is 0.341. The van der Waals surface area contributed by atoms with Gasteiger partial charge in [-0.2, -0.15) is 4.98 Å². The number of hydrogen-bond donors (Lipinski definition) is 2. The molecule has 0 aliphatic heterocycles. The van der Waals surface area contributed by atoms with E-state index < -0.39 is 0 Å². The maximum Gasteiger partial charge on any atom is 0.261 e. The third-order valence-corrected chi connectivity index (χ3v) is 2.38. The highest BCUT2D eigenvalue weighted by Gasteiger charge is 2.14. The van der Waals surface area contributed by atoms with E-state index in [0.717, 1.165) is 0 Å². The number of aromatic nitrogens is 2. The first kappa shape index (κ1) is 10.9. The standard InChI is InChI=1S/C10H10ClN3O2/c11-6-2-1-3-7(12)9(6)10-13-8(4-5-15)14-16-10/h1-3,15H,4-5,12H2. The van der Waals surface area contributed by atoms with Gasteiger partial charge in [-0.15, -0.1) is 0 Å². The van der Waals surface area contributed by atoms with Crippen LogP contribution in [0, 0.1) is 0 Å². The smallest absolute Gasteiger partial charge is 0.261 e. The van der Waals surface area contributed by atoms with Gasteiger partial charge in [0.05, 0.1) is 17.2 Å². The number of benzene rings is 1. The second kappa shape index (κ2) is 4.51. The van der Waals surface area contributed by atoms with Crippen LogP contribution in [0.4, 0.5) is 5.69 Å². The van der Waals surface area contributed by atoms with Crippen LogP contribution in [0.25, 0.3) is 11.5 Å². The molecule has 2 aromatic rings. The zero-order chi connectivity index (χ0) is 11.5. The molecule has 1 heterocycles. The Morgan fingerprint density at radius 3 is 2.94 bits per heavy atom. The van der Waals surface area contributed by atoms with Gasteiger partial charge in [-0.3, -0.25) is 0 Å². The van der Waals surface area contributed by atoms with Crippen molar-refractivity contribution in [2.75, 3.05) is 12.3 Å². The summed E-state index contributed by atoms with van der Waals surface area (Å²) in [5.74, 6) is 0.698. The second-order valence-electron chi connectivity index (χ2n) is 3.19. The topological polar surface area (TPSA) is 85.2 Å². The van der Waals surface area contributed by atoms with E-state index in [9.17, 15) is 0 Å². The Kier molecular flexibility index (Phi) is 3.07. The van der Waals surface area contributed by atoms with E-state index in [-0.39, 0.29) is 12.5 Å². The van der Waals surface area contributed by atoms with Crippen LogP contribution < -0.4 is 5.73 Å². The van der Waals surface area contributed by atoms with Crippen molar-refractivity contribution in [2.45, 2.75) is 6.42 Å². The van der Waals surface area contributed by atoms with E-state index in [0.29, 0.717) is 28.5 Å². The van der Waals surface area contributed by atoms with Gasteiger partial charge >= 0.3 is 0 Å². The van der Waals surface area contributed by atoms with Gasteiger partial charge in [0.25, 0.3) is 5.89 Å². The van der Waals surface area contributed by atoms with Crippen molar-refractivity contribution < 1.29 is 9.63 Å². The molecule has 0 saturated heterocycles. The Morgan fingerprint density at radius 1 is 1.44 bits per heavy atom. The first-order valence-electron chi connectivity index (χ1n) is 4.70. The molecule has 1 aromatic heterocycles. The lowest BCUT2D eigenvalue weighted by Gasteiger charge is -2.01. The number of hydrogen-bond acceptors (Lipinski definition) is 5. The van der Waals surface area contributed by atoms with Crippen molar-refractivity contribution >= 4 is 17.3 Å². The van der Waals surface area contributed by atoms with E-state index in [4.69, 9.17) is 27.0 Å². The third kappa shape index (κ3) is 2.00. The van der Waals surface area contributed by atoms with Gasteiger partial charge in [-0.25, -0.2) is 0 Å². The van der Waals surface area contributed by atoms with E-state index in [1.54, 1.807) is 18.2 Å². The van der Waals surface area contributed by atoms with Crippen LogP contribution >= 0.6 is 11.6 Å². The Morgan fingerprint density at radius 2 is 2.25 bits per heavy atom. The predicted octanol–water partition coefficient (Wildman–Crippen LogP) is 1.51. The lowest BCUT2D eigenvalue weighted by atomic mass is 10.2. The molecule has 5 nitrogen and oxygen atoms in total. The predicted molar refractivity (Wildman–Crippen MR) is 59.9 cm³/mol.